The van der Waals surface area contributed by atoms with Crippen LogP contribution in [0.3, 0.4) is 0 Å². The lowest BCUT2D eigenvalue weighted by atomic mass is 10.1. The maximum Gasteiger partial charge on any atom is 0.254 e. The average Bonchev–Trinajstić information content (AvgIpc) is 2.54. The number of carbonyl (C=O) groups excluding carboxylic acids is 1. The Bertz CT molecular complexity index is 614. The fourth-order valence-electron chi connectivity index (χ4n) is 2.43. The summed E-state index contributed by atoms with van der Waals surface area (Å²) in [5.74, 6) is -0.665. The number of rotatable bonds is 4. The molecule has 0 atom stereocenters. The molecule has 0 aliphatic carbocycles. The first kappa shape index (κ1) is 15.7. The number of phenolic OH excluding ortho intramolecular Hbond substituents is 2. The van der Waals surface area contributed by atoms with E-state index in [9.17, 15) is 15.0 Å². The fourth-order valence-corrected chi connectivity index (χ4v) is 2.43. The van der Waals surface area contributed by atoms with Crippen molar-refractivity contribution < 1.29 is 15.0 Å². The molecule has 22 heavy (non-hydrogen) atoms. The quantitative estimate of drug-likeness (QED) is 0.660. The highest BCUT2D eigenvalue weighted by Gasteiger charge is 2.23. The minimum atomic E-state index is -0.285. The van der Waals surface area contributed by atoms with E-state index in [1.54, 1.807) is 17.1 Å². The van der Waals surface area contributed by atoms with Gasteiger partial charge in [-0.3, -0.25) is 4.79 Å². The van der Waals surface area contributed by atoms with Crippen LogP contribution in [-0.4, -0.2) is 52.1 Å². The number of nitrogens with zero attached hydrogens (tertiary/aromatic N) is 2. The van der Waals surface area contributed by atoms with E-state index in [2.05, 4.69) is 18.1 Å². The molecule has 2 rings (SSSR count). The van der Waals surface area contributed by atoms with Gasteiger partial charge in [-0.1, -0.05) is 19.2 Å². The van der Waals surface area contributed by atoms with Crippen LogP contribution in [-0.2, 0) is 0 Å². The van der Waals surface area contributed by atoms with Crippen molar-refractivity contribution in [2.75, 3.05) is 26.2 Å². The zero-order valence-electron chi connectivity index (χ0n) is 12.4. The number of hydrogen-bond acceptors (Lipinski definition) is 4. The lowest BCUT2D eigenvalue weighted by Gasteiger charge is -2.36. The molecule has 0 aromatic heterocycles. The van der Waals surface area contributed by atoms with Crippen LogP contribution in [0.1, 0.15) is 10.4 Å². The molecule has 2 N–H and O–H groups in total. The molecule has 5 nitrogen and oxygen atoms in total. The lowest BCUT2D eigenvalue weighted by molar-refractivity contribution is 0.0672. The summed E-state index contributed by atoms with van der Waals surface area (Å²) in [6.07, 6.45) is 5.38. The Morgan fingerprint density at radius 3 is 2.23 bits per heavy atom. The number of allylic oxidation sites excluding steroid dienone is 3. The van der Waals surface area contributed by atoms with Crippen molar-refractivity contribution >= 4 is 5.91 Å². The minimum Gasteiger partial charge on any atom is -0.504 e. The number of amides is 1. The van der Waals surface area contributed by atoms with E-state index in [1.807, 2.05) is 6.08 Å². The van der Waals surface area contributed by atoms with Gasteiger partial charge in [-0.2, -0.15) is 0 Å². The summed E-state index contributed by atoms with van der Waals surface area (Å²) in [7, 11) is 0. The van der Waals surface area contributed by atoms with Crippen LogP contribution in [0.15, 0.2) is 55.3 Å². The second-order valence-electron chi connectivity index (χ2n) is 5.01. The van der Waals surface area contributed by atoms with E-state index < -0.39 is 0 Å². The van der Waals surface area contributed by atoms with Crippen molar-refractivity contribution in [1.82, 2.24) is 9.80 Å². The van der Waals surface area contributed by atoms with Gasteiger partial charge in [-0.05, 0) is 30.4 Å². The first-order valence-electron chi connectivity index (χ1n) is 7.08. The fraction of sp³-hybridized carbons (Fsp3) is 0.235. The number of piperazine rings is 1. The van der Waals surface area contributed by atoms with Crippen LogP contribution in [0.4, 0.5) is 0 Å². The van der Waals surface area contributed by atoms with Crippen LogP contribution in [0, 0.1) is 0 Å². The molecule has 1 aliphatic heterocycles. The molecule has 1 aromatic carbocycles. The van der Waals surface area contributed by atoms with Crippen LogP contribution < -0.4 is 0 Å². The standard InChI is InChI=1S/C17H20N2O3/c1-3-5-14(4-2)18-8-10-19(11-9-18)17(22)13-6-7-15(20)16(21)12-13/h3-7,12,20-21H,1-2,8-11H2/b14-5+. The molecule has 1 heterocycles. The van der Waals surface area contributed by atoms with Gasteiger partial charge >= 0.3 is 0 Å². The van der Waals surface area contributed by atoms with Gasteiger partial charge in [-0.15, -0.1) is 0 Å². The maximum atomic E-state index is 12.4. The molecule has 1 aromatic rings. The maximum absolute atomic E-state index is 12.4. The van der Waals surface area contributed by atoms with Crippen molar-refractivity contribution in [2.24, 2.45) is 0 Å². The highest BCUT2D eigenvalue weighted by Crippen LogP contribution is 2.25. The minimum absolute atomic E-state index is 0.150. The summed E-state index contributed by atoms with van der Waals surface area (Å²) in [6, 6.07) is 4.12. The molecule has 1 amide bonds. The Hall–Kier alpha value is -2.69. The summed E-state index contributed by atoms with van der Waals surface area (Å²) < 4.78 is 0. The third kappa shape index (κ3) is 3.31. The third-order valence-corrected chi connectivity index (χ3v) is 3.65. The van der Waals surface area contributed by atoms with Crippen molar-refractivity contribution in [2.45, 2.75) is 0 Å². The Morgan fingerprint density at radius 2 is 1.68 bits per heavy atom. The second kappa shape index (κ2) is 6.85. The third-order valence-electron chi connectivity index (χ3n) is 3.65. The van der Waals surface area contributed by atoms with Gasteiger partial charge in [0.05, 0.1) is 0 Å². The van der Waals surface area contributed by atoms with Gasteiger partial charge in [0.15, 0.2) is 11.5 Å². The SMILES string of the molecule is C=C/C=C(\C=C)N1CCN(C(=O)c2ccc(O)c(O)c2)CC1. The molecule has 0 spiro atoms. The smallest absolute Gasteiger partial charge is 0.254 e. The molecule has 1 aliphatic rings. The van der Waals surface area contributed by atoms with Crippen LogP contribution in [0.25, 0.3) is 0 Å². The van der Waals surface area contributed by atoms with E-state index in [0.29, 0.717) is 31.7 Å². The van der Waals surface area contributed by atoms with Gasteiger partial charge in [0, 0.05) is 37.4 Å². The first-order chi connectivity index (χ1) is 10.6. The Labute approximate surface area is 130 Å². The number of carbonyl (C=O) groups is 1. The average molecular weight is 300 g/mol. The summed E-state index contributed by atoms with van der Waals surface area (Å²) in [5, 5.41) is 18.8. The summed E-state index contributed by atoms with van der Waals surface area (Å²) in [6.45, 7) is 10.1. The van der Waals surface area contributed by atoms with Gasteiger partial charge in [-0.25, -0.2) is 0 Å². The number of hydrogen-bond donors (Lipinski definition) is 2. The molecule has 0 saturated carbocycles. The normalized spacial score (nSPS) is 15.5. The summed E-state index contributed by atoms with van der Waals surface area (Å²) >= 11 is 0. The van der Waals surface area contributed by atoms with Gasteiger partial charge in [0.1, 0.15) is 0 Å². The predicted octanol–water partition coefficient (Wildman–Crippen LogP) is 2.11. The number of aromatic hydroxyl groups is 2. The van der Waals surface area contributed by atoms with Crippen LogP contribution in [0.5, 0.6) is 11.5 Å². The van der Waals surface area contributed by atoms with E-state index in [0.717, 1.165) is 5.70 Å². The molecule has 116 valence electrons. The zero-order chi connectivity index (χ0) is 16.1. The molecule has 0 radical (unpaired) electrons. The molecule has 1 saturated heterocycles. The number of benzene rings is 1. The van der Waals surface area contributed by atoms with Crippen molar-refractivity contribution in [3.8, 4) is 11.5 Å². The highest BCUT2D eigenvalue weighted by atomic mass is 16.3. The Balaban J connectivity index is 2.03. The summed E-state index contributed by atoms with van der Waals surface area (Å²) in [4.78, 5) is 16.3. The second-order valence-corrected chi connectivity index (χ2v) is 5.01. The van der Waals surface area contributed by atoms with Crippen molar-refractivity contribution in [1.29, 1.82) is 0 Å². The molecule has 1 fully saturated rings. The molecule has 0 bridgehead atoms. The zero-order valence-corrected chi connectivity index (χ0v) is 12.4. The molecule has 5 heteroatoms. The largest absolute Gasteiger partial charge is 0.504 e. The Morgan fingerprint density at radius 1 is 1.05 bits per heavy atom. The van der Waals surface area contributed by atoms with E-state index in [-0.39, 0.29) is 17.4 Å². The Kier molecular flexibility index (Phi) is 4.88. The van der Waals surface area contributed by atoms with Gasteiger partial charge in [0.25, 0.3) is 5.91 Å². The number of phenols is 2. The molecular formula is C17H20N2O3. The van der Waals surface area contributed by atoms with Crippen LogP contribution >= 0.6 is 0 Å². The first-order valence-corrected chi connectivity index (χ1v) is 7.08. The van der Waals surface area contributed by atoms with Crippen molar-refractivity contribution in [3.63, 3.8) is 0 Å². The van der Waals surface area contributed by atoms with Gasteiger partial charge < -0.3 is 20.0 Å². The van der Waals surface area contributed by atoms with E-state index in [4.69, 9.17) is 0 Å². The topological polar surface area (TPSA) is 64.0 Å². The van der Waals surface area contributed by atoms with E-state index >= 15 is 0 Å². The van der Waals surface area contributed by atoms with Crippen LogP contribution in [0.2, 0.25) is 0 Å². The molecule has 0 unspecified atom stereocenters. The van der Waals surface area contributed by atoms with Crippen molar-refractivity contribution in [3.05, 3.63) is 60.8 Å². The summed E-state index contributed by atoms with van der Waals surface area (Å²) in [5.41, 5.74) is 1.36. The lowest BCUT2D eigenvalue weighted by Crippen LogP contribution is -2.48. The monoisotopic (exact) mass is 300 g/mol. The highest BCUT2D eigenvalue weighted by molar-refractivity contribution is 5.95. The molecular weight excluding hydrogens is 280 g/mol. The van der Waals surface area contributed by atoms with E-state index in [1.165, 1.54) is 18.2 Å². The predicted molar refractivity (Wildman–Crippen MR) is 85.7 cm³/mol. The van der Waals surface area contributed by atoms with Gasteiger partial charge in [0.2, 0.25) is 0 Å².